The number of alkyl halides is 4. The lowest BCUT2D eigenvalue weighted by Gasteiger charge is -2.15. The lowest BCUT2D eigenvalue weighted by Crippen LogP contribution is -2.41. The number of aromatic carboxylic acids is 1. The Hall–Kier alpha value is -1.14. The van der Waals surface area contributed by atoms with E-state index in [1.54, 1.807) is 0 Å². The van der Waals surface area contributed by atoms with Crippen molar-refractivity contribution in [2.24, 2.45) is 0 Å². The quantitative estimate of drug-likeness (QED) is 0.731. The van der Waals surface area contributed by atoms with Gasteiger partial charge in [0.05, 0.1) is 6.54 Å². The monoisotopic (exact) mass is 383 g/mol. The second-order valence-electron chi connectivity index (χ2n) is 3.44. The lowest BCUT2D eigenvalue weighted by molar-refractivity contribution is -0.122. The zero-order chi connectivity index (χ0) is 15.7. The first-order valence-electron chi connectivity index (χ1n) is 4.65. The van der Waals surface area contributed by atoms with Crippen LogP contribution >= 0.6 is 15.9 Å². The molecule has 0 saturated heterocycles. The molecule has 20 heavy (non-hydrogen) atoms. The molecule has 1 rings (SSSR count). The van der Waals surface area contributed by atoms with Crippen LogP contribution < -0.4 is 4.72 Å². The van der Waals surface area contributed by atoms with E-state index in [9.17, 15) is 30.8 Å². The normalized spacial score (nSPS) is 12.9. The minimum atomic E-state index is -4.64. The number of hydrogen-bond acceptors (Lipinski definition) is 4. The van der Waals surface area contributed by atoms with Crippen molar-refractivity contribution in [3.05, 3.63) is 16.5 Å². The van der Waals surface area contributed by atoms with Crippen LogP contribution in [0.5, 0.6) is 0 Å². The van der Waals surface area contributed by atoms with E-state index in [1.165, 1.54) is 4.72 Å². The molecule has 0 aliphatic rings. The summed E-state index contributed by atoms with van der Waals surface area (Å²) in [5, 5.41) is 8.57. The molecule has 0 radical (unpaired) electrons. The molecular weight excluding hydrogens is 378 g/mol. The molecule has 0 fully saturated rings. The zero-order valence-electron chi connectivity index (χ0n) is 9.24. The van der Waals surface area contributed by atoms with E-state index >= 15 is 0 Å². The maximum absolute atomic E-state index is 12.6. The van der Waals surface area contributed by atoms with Crippen LogP contribution in [0, 0.1) is 0 Å². The first kappa shape index (κ1) is 16.9. The largest absolute Gasteiger partial charge is 0.475 e. The number of sulfonamides is 1. The van der Waals surface area contributed by atoms with Gasteiger partial charge in [0.15, 0.2) is 4.67 Å². The first-order chi connectivity index (χ1) is 8.97. The molecule has 0 spiro atoms. The Bertz CT molecular complexity index is 614. The van der Waals surface area contributed by atoms with Crippen molar-refractivity contribution in [1.82, 2.24) is 4.72 Å². The number of rotatable bonds is 6. The van der Waals surface area contributed by atoms with Crippen molar-refractivity contribution in [2.45, 2.75) is 17.2 Å². The molecule has 6 nitrogen and oxygen atoms in total. The van der Waals surface area contributed by atoms with Gasteiger partial charge >= 0.3 is 18.3 Å². The van der Waals surface area contributed by atoms with E-state index in [-0.39, 0.29) is 0 Å². The number of hydrogen-bond donors (Lipinski definition) is 2. The van der Waals surface area contributed by atoms with Gasteiger partial charge in [0.1, 0.15) is 4.90 Å². The van der Waals surface area contributed by atoms with Gasteiger partial charge in [0, 0.05) is 6.07 Å². The molecule has 1 heterocycles. The molecule has 1 aromatic rings. The van der Waals surface area contributed by atoms with Crippen molar-refractivity contribution in [2.75, 3.05) is 6.54 Å². The predicted octanol–water partition coefficient (Wildman–Crippen LogP) is 1.92. The highest BCUT2D eigenvalue weighted by atomic mass is 79.9. The highest BCUT2D eigenvalue weighted by molar-refractivity contribution is 9.10. The van der Waals surface area contributed by atoms with E-state index in [4.69, 9.17) is 5.11 Å². The summed E-state index contributed by atoms with van der Waals surface area (Å²) in [7, 11) is -4.64. The average molecular weight is 384 g/mol. The van der Waals surface area contributed by atoms with Gasteiger partial charge in [-0.3, -0.25) is 0 Å². The predicted molar refractivity (Wildman–Crippen MR) is 59.5 cm³/mol. The smallest absolute Gasteiger partial charge is 0.371 e. The van der Waals surface area contributed by atoms with Crippen LogP contribution in [0.25, 0.3) is 0 Å². The molecule has 0 atom stereocenters. The van der Waals surface area contributed by atoms with Gasteiger partial charge in [-0.05, 0) is 15.9 Å². The van der Waals surface area contributed by atoms with Crippen LogP contribution in [0.4, 0.5) is 17.6 Å². The lowest BCUT2D eigenvalue weighted by atomic mass is 10.4. The third-order valence-corrected chi connectivity index (χ3v) is 4.23. The van der Waals surface area contributed by atoms with Crippen molar-refractivity contribution in [3.8, 4) is 0 Å². The third kappa shape index (κ3) is 3.70. The maximum Gasteiger partial charge on any atom is 0.371 e. The molecular formula is C8H6BrF4NO5S. The summed E-state index contributed by atoms with van der Waals surface area (Å²) in [6.07, 6.45) is -4.05. The van der Waals surface area contributed by atoms with Crippen LogP contribution in [-0.4, -0.2) is 38.4 Å². The Morgan fingerprint density at radius 1 is 1.50 bits per heavy atom. The van der Waals surface area contributed by atoms with Crippen molar-refractivity contribution >= 4 is 31.9 Å². The highest BCUT2D eigenvalue weighted by Crippen LogP contribution is 2.27. The topological polar surface area (TPSA) is 96.6 Å². The molecule has 114 valence electrons. The molecule has 0 unspecified atom stereocenters. The number of carboxylic acids is 1. The van der Waals surface area contributed by atoms with E-state index in [2.05, 4.69) is 20.3 Å². The number of halogens is 5. The second-order valence-corrected chi connectivity index (χ2v) is 5.90. The summed E-state index contributed by atoms with van der Waals surface area (Å²) < 4.78 is 77.4. The maximum atomic E-state index is 12.6. The average Bonchev–Trinajstić information content (AvgIpc) is 2.70. The Kier molecular flexibility index (Phi) is 4.82. The summed E-state index contributed by atoms with van der Waals surface area (Å²) >= 11 is 2.59. The van der Waals surface area contributed by atoms with E-state index in [0.717, 1.165) is 0 Å². The number of furan rings is 1. The van der Waals surface area contributed by atoms with Gasteiger partial charge in [-0.2, -0.15) is 8.78 Å². The number of carboxylic acid groups (broad SMARTS) is 1. The van der Waals surface area contributed by atoms with Crippen LogP contribution in [0.3, 0.4) is 0 Å². The van der Waals surface area contributed by atoms with Crippen LogP contribution in [0.2, 0.25) is 0 Å². The van der Waals surface area contributed by atoms with Gasteiger partial charge in [0.25, 0.3) is 0 Å². The highest BCUT2D eigenvalue weighted by Gasteiger charge is 2.42. The van der Waals surface area contributed by atoms with Crippen molar-refractivity contribution in [3.63, 3.8) is 0 Å². The van der Waals surface area contributed by atoms with Crippen LogP contribution in [0.1, 0.15) is 10.6 Å². The van der Waals surface area contributed by atoms with Crippen molar-refractivity contribution < 1.29 is 40.3 Å². The second kappa shape index (κ2) is 5.69. The molecule has 0 aromatic carbocycles. The standard InChI is InChI=1S/C8H6BrF4NO5S/c9-5-4(1-3(19-5)6(15)16)20(17,18)14-2-8(12,13)7(10)11/h1,7,14H,2H2,(H,15,16). The molecule has 0 aliphatic heterocycles. The summed E-state index contributed by atoms with van der Waals surface area (Å²) in [6, 6.07) is 0.551. The molecule has 12 heteroatoms. The van der Waals surface area contributed by atoms with Gasteiger partial charge < -0.3 is 9.52 Å². The molecule has 1 aromatic heterocycles. The fraction of sp³-hybridized carbons (Fsp3) is 0.375. The molecule has 0 saturated carbocycles. The summed E-state index contributed by atoms with van der Waals surface area (Å²) in [4.78, 5) is 9.76. The number of nitrogens with one attached hydrogen (secondary N) is 1. The zero-order valence-corrected chi connectivity index (χ0v) is 11.6. The SMILES string of the molecule is O=C(O)c1cc(S(=O)(=O)NCC(F)(F)C(F)F)c(Br)o1. The molecule has 0 amide bonds. The Balaban J connectivity index is 2.98. The van der Waals surface area contributed by atoms with E-state index in [0.29, 0.717) is 6.07 Å². The number of carbonyl (C=O) groups is 1. The van der Waals surface area contributed by atoms with Gasteiger partial charge in [-0.15, -0.1) is 0 Å². The summed E-state index contributed by atoms with van der Waals surface area (Å²) in [6.45, 7) is -1.84. The van der Waals surface area contributed by atoms with Gasteiger partial charge in [-0.25, -0.2) is 26.7 Å². The van der Waals surface area contributed by atoms with Crippen LogP contribution in [-0.2, 0) is 10.0 Å². The summed E-state index contributed by atoms with van der Waals surface area (Å²) in [5.41, 5.74) is 0. The Morgan fingerprint density at radius 2 is 2.05 bits per heavy atom. The fourth-order valence-electron chi connectivity index (χ4n) is 0.987. The van der Waals surface area contributed by atoms with E-state index < -0.39 is 50.2 Å². The van der Waals surface area contributed by atoms with Crippen molar-refractivity contribution in [1.29, 1.82) is 0 Å². The minimum Gasteiger partial charge on any atom is -0.475 e. The van der Waals surface area contributed by atoms with E-state index in [1.807, 2.05) is 0 Å². The molecule has 2 N–H and O–H groups in total. The molecule has 0 aliphatic carbocycles. The van der Waals surface area contributed by atoms with Gasteiger partial charge in [0.2, 0.25) is 15.8 Å². The Morgan fingerprint density at radius 3 is 2.45 bits per heavy atom. The van der Waals surface area contributed by atoms with Gasteiger partial charge in [-0.1, -0.05) is 0 Å². The third-order valence-electron chi connectivity index (χ3n) is 1.97. The fourth-order valence-corrected chi connectivity index (χ4v) is 2.97. The first-order valence-corrected chi connectivity index (χ1v) is 6.93. The van der Waals surface area contributed by atoms with Crippen LogP contribution in [0.15, 0.2) is 20.0 Å². The Labute approximate surface area is 117 Å². The summed E-state index contributed by atoms with van der Waals surface area (Å²) in [5.74, 6) is -6.92. The molecule has 0 bridgehead atoms. The minimum absolute atomic E-state index is 0.551.